The summed E-state index contributed by atoms with van der Waals surface area (Å²) in [6, 6.07) is 5.11. The van der Waals surface area contributed by atoms with Crippen molar-refractivity contribution < 1.29 is 22.7 Å². The molecule has 9 heteroatoms. The summed E-state index contributed by atoms with van der Waals surface area (Å²) in [6.07, 6.45) is 4.78. The van der Waals surface area contributed by atoms with Gasteiger partial charge in [-0.05, 0) is 37.0 Å². The average Bonchev–Trinajstić information content (AvgIpc) is 3.07. The molecule has 1 amide bonds. The predicted octanol–water partition coefficient (Wildman–Crippen LogP) is 3.09. The van der Waals surface area contributed by atoms with E-state index >= 15 is 0 Å². The predicted molar refractivity (Wildman–Crippen MR) is 126 cm³/mol. The second-order valence-electron chi connectivity index (χ2n) is 8.86. The Bertz CT molecular complexity index is 845. The van der Waals surface area contributed by atoms with Crippen molar-refractivity contribution in [3.63, 3.8) is 0 Å². The molecule has 0 saturated carbocycles. The SMILES string of the molecule is CC(C)COCCC(=O)Nc1cc(S(=O)(=O)N2CCOCC2)ccc1N1CCCCCC1. The van der Waals surface area contributed by atoms with Crippen molar-refractivity contribution in [2.45, 2.75) is 50.8 Å². The van der Waals surface area contributed by atoms with E-state index in [1.54, 1.807) is 12.1 Å². The van der Waals surface area contributed by atoms with E-state index in [0.29, 0.717) is 51.1 Å². The van der Waals surface area contributed by atoms with Gasteiger partial charge in [0.1, 0.15) is 0 Å². The third kappa shape index (κ3) is 6.91. The lowest BCUT2D eigenvalue weighted by Crippen LogP contribution is -2.40. The van der Waals surface area contributed by atoms with E-state index in [9.17, 15) is 13.2 Å². The topological polar surface area (TPSA) is 88.2 Å². The van der Waals surface area contributed by atoms with E-state index in [1.165, 1.54) is 17.1 Å². The first-order chi connectivity index (χ1) is 15.4. The lowest BCUT2D eigenvalue weighted by Gasteiger charge is -2.28. The van der Waals surface area contributed by atoms with Gasteiger partial charge in [-0.15, -0.1) is 0 Å². The molecule has 0 unspecified atom stereocenters. The molecular weight excluding hydrogens is 430 g/mol. The number of rotatable bonds is 9. The van der Waals surface area contributed by atoms with Gasteiger partial charge in [0.05, 0.1) is 42.5 Å². The number of ether oxygens (including phenoxy) is 2. The molecule has 8 nitrogen and oxygen atoms in total. The first-order valence-corrected chi connectivity index (χ1v) is 13.2. The number of amides is 1. The fraction of sp³-hybridized carbons (Fsp3) is 0.696. The Hall–Kier alpha value is -1.68. The van der Waals surface area contributed by atoms with E-state index in [1.807, 2.05) is 6.07 Å². The molecule has 32 heavy (non-hydrogen) atoms. The lowest BCUT2D eigenvalue weighted by atomic mass is 10.2. The lowest BCUT2D eigenvalue weighted by molar-refractivity contribution is -0.117. The number of benzene rings is 1. The van der Waals surface area contributed by atoms with Gasteiger partial charge in [0.2, 0.25) is 15.9 Å². The van der Waals surface area contributed by atoms with Crippen molar-refractivity contribution in [1.82, 2.24) is 4.31 Å². The van der Waals surface area contributed by atoms with Gasteiger partial charge in [-0.2, -0.15) is 4.31 Å². The average molecular weight is 468 g/mol. The Morgan fingerprint density at radius 1 is 1.09 bits per heavy atom. The van der Waals surface area contributed by atoms with Crippen LogP contribution in [0.1, 0.15) is 46.0 Å². The highest BCUT2D eigenvalue weighted by molar-refractivity contribution is 7.89. The summed E-state index contributed by atoms with van der Waals surface area (Å²) in [5.41, 5.74) is 1.43. The van der Waals surface area contributed by atoms with Gasteiger partial charge in [-0.3, -0.25) is 4.79 Å². The first-order valence-electron chi connectivity index (χ1n) is 11.7. The fourth-order valence-corrected chi connectivity index (χ4v) is 5.43. The van der Waals surface area contributed by atoms with Gasteiger partial charge in [0.25, 0.3) is 0 Å². The molecule has 0 aliphatic carbocycles. The van der Waals surface area contributed by atoms with Crippen molar-refractivity contribution >= 4 is 27.3 Å². The summed E-state index contributed by atoms with van der Waals surface area (Å²) < 4.78 is 38.6. The van der Waals surface area contributed by atoms with E-state index in [0.717, 1.165) is 31.6 Å². The maximum Gasteiger partial charge on any atom is 0.243 e. The number of anilines is 2. The van der Waals surface area contributed by atoms with Crippen LogP contribution in [0.25, 0.3) is 0 Å². The molecule has 2 heterocycles. The third-order valence-electron chi connectivity index (χ3n) is 5.72. The van der Waals surface area contributed by atoms with Gasteiger partial charge in [0, 0.05) is 32.8 Å². The third-order valence-corrected chi connectivity index (χ3v) is 7.62. The Morgan fingerprint density at radius 3 is 2.44 bits per heavy atom. The Balaban J connectivity index is 1.81. The van der Waals surface area contributed by atoms with Crippen molar-refractivity contribution in [1.29, 1.82) is 0 Å². The van der Waals surface area contributed by atoms with Crippen LogP contribution in [0.4, 0.5) is 11.4 Å². The van der Waals surface area contributed by atoms with Crippen molar-refractivity contribution in [2.75, 3.05) is 62.8 Å². The molecule has 1 N–H and O–H groups in total. The highest BCUT2D eigenvalue weighted by Crippen LogP contribution is 2.32. The van der Waals surface area contributed by atoms with Crippen LogP contribution in [0.5, 0.6) is 0 Å². The molecule has 0 bridgehead atoms. The standard InChI is InChI=1S/C23H37N3O5S/c1-19(2)18-31-14-9-23(27)24-21-17-20(32(28,29)26-12-15-30-16-13-26)7-8-22(21)25-10-5-3-4-6-11-25/h7-8,17,19H,3-6,9-16,18H2,1-2H3,(H,24,27). The van der Waals surface area contributed by atoms with Crippen LogP contribution in [0.3, 0.4) is 0 Å². The minimum absolute atomic E-state index is 0.175. The van der Waals surface area contributed by atoms with Crippen molar-refractivity contribution in [2.24, 2.45) is 5.92 Å². The normalized spacial score (nSPS) is 18.5. The van der Waals surface area contributed by atoms with E-state index in [-0.39, 0.29) is 17.2 Å². The molecule has 0 radical (unpaired) electrons. The summed E-state index contributed by atoms with van der Waals surface area (Å²) in [7, 11) is -3.65. The van der Waals surface area contributed by atoms with Crippen LogP contribution >= 0.6 is 0 Å². The summed E-state index contributed by atoms with van der Waals surface area (Å²) in [6.45, 7) is 8.34. The smallest absolute Gasteiger partial charge is 0.243 e. The molecule has 2 fully saturated rings. The van der Waals surface area contributed by atoms with Crippen LogP contribution in [-0.2, 0) is 24.3 Å². The zero-order valence-corrected chi connectivity index (χ0v) is 20.2. The highest BCUT2D eigenvalue weighted by Gasteiger charge is 2.28. The second kappa shape index (κ2) is 12.0. The first kappa shape index (κ1) is 25.0. The highest BCUT2D eigenvalue weighted by atomic mass is 32.2. The number of hydrogen-bond donors (Lipinski definition) is 1. The van der Waals surface area contributed by atoms with Gasteiger partial charge in [-0.25, -0.2) is 8.42 Å². The maximum absolute atomic E-state index is 13.2. The van der Waals surface area contributed by atoms with Crippen LogP contribution in [0.2, 0.25) is 0 Å². The molecule has 0 spiro atoms. The van der Waals surface area contributed by atoms with E-state index < -0.39 is 10.0 Å². The molecule has 2 aliphatic heterocycles. The zero-order chi connectivity index (χ0) is 23.0. The Labute approximate surface area is 192 Å². The zero-order valence-electron chi connectivity index (χ0n) is 19.3. The van der Waals surface area contributed by atoms with Crippen LogP contribution in [0, 0.1) is 5.92 Å². The van der Waals surface area contributed by atoms with Gasteiger partial charge < -0.3 is 19.7 Å². The number of carbonyl (C=O) groups is 1. The maximum atomic E-state index is 13.2. The quantitative estimate of drug-likeness (QED) is 0.562. The summed E-state index contributed by atoms with van der Waals surface area (Å²) >= 11 is 0. The van der Waals surface area contributed by atoms with Gasteiger partial charge in [-0.1, -0.05) is 26.7 Å². The molecule has 1 aromatic carbocycles. The minimum atomic E-state index is -3.65. The van der Waals surface area contributed by atoms with Crippen molar-refractivity contribution in [3.05, 3.63) is 18.2 Å². The largest absolute Gasteiger partial charge is 0.381 e. The Morgan fingerprint density at radius 2 is 1.78 bits per heavy atom. The summed E-state index contributed by atoms with van der Waals surface area (Å²) in [5.74, 6) is 0.237. The van der Waals surface area contributed by atoms with Gasteiger partial charge in [0.15, 0.2) is 0 Å². The monoisotopic (exact) mass is 467 g/mol. The van der Waals surface area contributed by atoms with Crippen LogP contribution < -0.4 is 10.2 Å². The number of morpholine rings is 1. The molecule has 2 aliphatic rings. The number of sulfonamides is 1. The van der Waals surface area contributed by atoms with E-state index in [4.69, 9.17) is 9.47 Å². The van der Waals surface area contributed by atoms with Crippen LogP contribution in [-0.4, -0.2) is 71.2 Å². The molecule has 2 saturated heterocycles. The fourth-order valence-electron chi connectivity index (χ4n) is 4.00. The molecule has 1 aromatic rings. The number of nitrogens with one attached hydrogen (secondary N) is 1. The molecule has 180 valence electrons. The molecule has 3 rings (SSSR count). The van der Waals surface area contributed by atoms with Gasteiger partial charge >= 0.3 is 0 Å². The number of hydrogen-bond acceptors (Lipinski definition) is 6. The number of nitrogens with zero attached hydrogens (tertiary/aromatic N) is 2. The molecular formula is C23H37N3O5S. The van der Waals surface area contributed by atoms with Crippen molar-refractivity contribution in [3.8, 4) is 0 Å². The summed E-state index contributed by atoms with van der Waals surface area (Å²) in [5, 5.41) is 2.96. The van der Waals surface area contributed by atoms with Crippen LogP contribution in [0.15, 0.2) is 23.1 Å². The van der Waals surface area contributed by atoms with E-state index in [2.05, 4.69) is 24.1 Å². The second-order valence-corrected chi connectivity index (χ2v) is 10.8. The number of carbonyl (C=O) groups excluding carboxylic acids is 1. The summed E-state index contributed by atoms with van der Waals surface area (Å²) in [4.78, 5) is 15.1. The molecule has 0 aromatic heterocycles. The minimum Gasteiger partial charge on any atom is -0.381 e. The molecule has 0 atom stereocenters. The Kier molecular flexibility index (Phi) is 9.34.